The fraction of sp³-hybridized carbons (Fsp3) is 0.261. The van der Waals surface area contributed by atoms with Crippen LogP contribution in [0.4, 0.5) is 17.5 Å². The van der Waals surface area contributed by atoms with Crippen LogP contribution in [0, 0.1) is 11.3 Å². The molecule has 0 radical (unpaired) electrons. The summed E-state index contributed by atoms with van der Waals surface area (Å²) in [7, 11) is 0. The average molecular weight is 433 g/mol. The maximum atomic E-state index is 12.0. The van der Waals surface area contributed by atoms with Crippen LogP contribution in [0.15, 0.2) is 48.8 Å². The van der Waals surface area contributed by atoms with Crippen LogP contribution in [0.5, 0.6) is 0 Å². The zero-order chi connectivity index (χ0) is 20.5. The highest BCUT2D eigenvalue weighted by atomic mass is 35.5. The molecule has 5 rings (SSSR count). The number of anilines is 3. The zero-order valence-corrected chi connectivity index (χ0v) is 17.6. The molecule has 1 amide bonds. The van der Waals surface area contributed by atoms with Gasteiger partial charge in [0.15, 0.2) is 0 Å². The first-order valence-electron chi connectivity index (χ1n) is 10.1. The Morgan fingerprint density at radius 1 is 1.10 bits per heavy atom. The number of carbonyl (C=O) groups excluding carboxylic acids is 1. The number of carbonyl (C=O) groups is 1. The summed E-state index contributed by atoms with van der Waals surface area (Å²) in [6, 6.07) is 13.5. The molecule has 1 N–H and O–H groups in total. The lowest BCUT2D eigenvalue weighted by atomic mass is 10.1. The van der Waals surface area contributed by atoms with Gasteiger partial charge in [0.25, 0.3) is 0 Å². The standard InChI is InChI=1S/C23H20N6O.ClH/c24-13-15-7-8-25-20(10-15)28-21-12-18(16-3-4-16)11-19(27-21)17-5-6-22(26-14-17)29-9-1-2-23(29)30;/h5-8,10-12,14,16H,1-4,9H2,(H,25,27,28);1H. The summed E-state index contributed by atoms with van der Waals surface area (Å²) in [5, 5.41) is 12.3. The Labute approximate surface area is 186 Å². The van der Waals surface area contributed by atoms with Gasteiger partial charge in [-0.25, -0.2) is 15.0 Å². The molecule has 1 saturated carbocycles. The number of hydrogen-bond donors (Lipinski definition) is 1. The smallest absolute Gasteiger partial charge is 0.228 e. The van der Waals surface area contributed by atoms with Crippen molar-refractivity contribution in [1.29, 1.82) is 5.26 Å². The van der Waals surface area contributed by atoms with Crippen LogP contribution in [0.25, 0.3) is 11.3 Å². The van der Waals surface area contributed by atoms with E-state index in [4.69, 9.17) is 10.2 Å². The first-order valence-corrected chi connectivity index (χ1v) is 10.1. The number of rotatable bonds is 5. The van der Waals surface area contributed by atoms with Crippen LogP contribution in [0.3, 0.4) is 0 Å². The molecule has 2 aliphatic rings. The fourth-order valence-electron chi connectivity index (χ4n) is 3.70. The molecule has 1 saturated heterocycles. The van der Waals surface area contributed by atoms with Gasteiger partial charge in [0.2, 0.25) is 5.91 Å². The molecule has 0 bridgehead atoms. The molecular formula is C23H21ClN6O. The minimum absolute atomic E-state index is 0. The van der Waals surface area contributed by atoms with Crippen LogP contribution in [0.2, 0.25) is 0 Å². The van der Waals surface area contributed by atoms with Crippen molar-refractivity contribution in [2.24, 2.45) is 0 Å². The summed E-state index contributed by atoms with van der Waals surface area (Å²) >= 11 is 0. The largest absolute Gasteiger partial charge is 0.325 e. The van der Waals surface area contributed by atoms with E-state index in [-0.39, 0.29) is 18.3 Å². The van der Waals surface area contributed by atoms with Gasteiger partial charge in [-0.05, 0) is 67.1 Å². The minimum atomic E-state index is 0. The maximum Gasteiger partial charge on any atom is 0.228 e. The van der Waals surface area contributed by atoms with Crippen molar-refractivity contribution in [2.75, 3.05) is 16.8 Å². The third-order valence-corrected chi connectivity index (χ3v) is 5.44. The normalized spacial score (nSPS) is 15.3. The van der Waals surface area contributed by atoms with Gasteiger partial charge >= 0.3 is 0 Å². The van der Waals surface area contributed by atoms with Crippen LogP contribution in [-0.4, -0.2) is 27.4 Å². The third-order valence-electron chi connectivity index (χ3n) is 5.44. The molecule has 3 aromatic heterocycles. The zero-order valence-electron chi connectivity index (χ0n) is 16.8. The number of nitriles is 1. The Hall–Kier alpha value is -3.50. The highest BCUT2D eigenvalue weighted by Crippen LogP contribution is 2.42. The monoisotopic (exact) mass is 432 g/mol. The Morgan fingerprint density at radius 2 is 1.97 bits per heavy atom. The summed E-state index contributed by atoms with van der Waals surface area (Å²) in [5.74, 6) is 2.65. The first-order chi connectivity index (χ1) is 14.7. The van der Waals surface area contributed by atoms with E-state index in [1.54, 1.807) is 29.4 Å². The number of nitrogens with zero attached hydrogens (tertiary/aromatic N) is 5. The average Bonchev–Trinajstić information content (AvgIpc) is 3.55. The van der Waals surface area contributed by atoms with E-state index in [0.717, 1.165) is 24.2 Å². The molecule has 8 heteroatoms. The molecule has 3 aromatic rings. The van der Waals surface area contributed by atoms with Crippen LogP contribution >= 0.6 is 12.4 Å². The lowest BCUT2D eigenvalue weighted by Crippen LogP contribution is -2.24. The topological polar surface area (TPSA) is 94.8 Å². The SMILES string of the molecule is Cl.N#Cc1ccnc(Nc2cc(C3CC3)cc(-c3ccc(N4CCCC4=O)nc3)n2)c1. The molecule has 0 aromatic carbocycles. The number of halogens is 1. The molecule has 7 nitrogen and oxygen atoms in total. The van der Waals surface area contributed by atoms with Crippen molar-refractivity contribution in [3.63, 3.8) is 0 Å². The van der Waals surface area contributed by atoms with E-state index in [2.05, 4.69) is 27.4 Å². The molecule has 0 spiro atoms. The lowest BCUT2D eigenvalue weighted by molar-refractivity contribution is -0.117. The summed E-state index contributed by atoms with van der Waals surface area (Å²) in [6.07, 6.45) is 7.21. The van der Waals surface area contributed by atoms with Crippen molar-refractivity contribution >= 4 is 35.8 Å². The third kappa shape index (κ3) is 4.49. The predicted molar refractivity (Wildman–Crippen MR) is 121 cm³/mol. The first kappa shape index (κ1) is 20.8. The Morgan fingerprint density at radius 3 is 2.65 bits per heavy atom. The number of pyridine rings is 3. The molecule has 31 heavy (non-hydrogen) atoms. The quantitative estimate of drug-likeness (QED) is 0.634. The summed E-state index contributed by atoms with van der Waals surface area (Å²) in [5.41, 5.74) is 3.50. The van der Waals surface area contributed by atoms with E-state index in [1.807, 2.05) is 18.2 Å². The van der Waals surface area contributed by atoms with E-state index >= 15 is 0 Å². The molecule has 1 aliphatic heterocycles. The number of aromatic nitrogens is 3. The maximum absolute atomic E-state index is 12.0. The fourth-order valence-corrected chi connectivity index (χ4v) is 3.70. The van der Waals surface area contributed by atoms with Crippen LogP contribution in [0.1, 0.15) is 42.7 Å². The van der Waals surface area contributed by atoms with Gasteiger partial charge in [-0.1, -0.05) is 0 Å². The lowest BCUT2D eigenvalue weighted by Gasteiger charge is -2.15. The second-order valence-corrected chi connectivity index (χ2v) is 7.67. The van der Waals surface area contributed by atoms with Crippen molar-refractivity contribution in [1.82, 2.24) is 15.0 Å². The van der Waals surface area contributed by atoms with E-state index in [9.17, 15) is 4.79 Å². The van der Waals surface area contributed by atoms with Crippen molar-refractivity contribution in [3.05, 3.63) is 59.9 Å². The van der Waals surface area contributed by atoms with Gasteiger partial charge in [-0.2, -0.15) is 5.26 Å². The number of hydrogen-bond acceptors (Lipinski definition) is 6. The highest BCUT2D eigenvalue weighted by molar-refractivity contribution is 5.94. The highest BCUT2D eigenvalue weighted by Gasteiger charge is 2.25. The Kier molecular flexibility index (Phi) is 5.83. The van der Waals surface area contributed by atoms with Crippen LogP contribution < -0.4 is 10.2 Å². The Bertz CT molecular complexity index is 1150. The van der Waals surface area contributed by atoms with Gasteiger partial charge in [-0.15, -0.1) is 12.4 Å². The molecule has 0 unspecified atom stereocenters. The molecular weight excluding hydrogens is 412 g/mol. The van der Waals surface area contributed by atoms with Crippen LogP contribution in [-0.2, 0) is 4.79 Å². The van der Waals surface area contributed by atoms with Crippen molar-refractivity contribution in [2.45, 2.75) is 31.6 Å². The summed E-state index contributed by atoms with van der Waals surface area (Å²) in [4.78, 5) is 27.2. The van der Waals surface area contributed by atoms with Gasteiger partial charge in [0.1, 0.15) is 17.5 Å². The van der Waals surface area contributed by atoms with Crippen molar-refractivity contribution in [3.8, 4) is 17.3 Å². The summed E-state index contributed by atoms with van der Waals surface area (Å²) in [6.45, 7) is 0.726. The minimum Gasteiger partial charge on any atom is -0.325 e. The van der Waals surface area contributed by atoms with Crippen molar-refractivity contribution < 1.29 is 4.79 Å². The second-order valence-electron chi connectivity index (χ2n) is 7.67. The Balaban J connectivity index is 0.00000231. The van der Waals surface area contributed by atoms with E-state index in [1.165, 1.54) is 18.4 Å². The number of nitrogens with one attached hydrogen (secondary N) is 1. The molecule has 156 valence electrons. The molecule has 0 atom stereocenters. The van der Waals surface area contributed by atoms with Gasteiger partial charge in [-0.3, -0.25) is 9.69 Å². The van der Waals surface area contributed by atoms with Gasteiger partial charge in [0, 0.05) is 30.9 Å². The molecule has 4 heterocycles. The van der Waals surface area contributed by atoms with Gasteiger partial charge in [0.05, 0.1) is 17.3 Å². The second kappa shape index (κ2) is 8.70. The van der Waals surface area contributed by atoms with E-state index < -0.39 is 0 Å². The molecule has 2 fully saturated rings. The molecule has 1 aliphatic carbocycles. The predicted octanol–water partition coefficient (Wildman–Crippen LogP) is 4.58. The number of amides is 1. The summed E-state index contributed by atoms with van der Waals surface area (Å²) < 4.78 is 0. The van der Waals surface area contributed by atoms with E-state index in [0.29, 0.717) is 35.4 Å². The van der Waals surface area contributed by atoms with Gasteiger partial charge < -0.3 is 5.32 Å².